The minimum Gasteiger partial charge on any atom is -0.351 e. The second-order valence-corrected chi connectivity index (χ2v) is 9.44. The maximum absolute atomic E-state index is 12.6. The molecule has 0 atom stereocenters. The Bertz CT molecular complexity index is 828. The van der Waals surface area contributed by atoms with Gasteiger partial charge in [0.15, 0.2) is 0 Å². The summed E-state index contributed by atoms with van der Waals surface area (Å²) in [5, 5.41) is 15.9. The zero-order valence-electron chi connectivity index (χ0n) is 16.7. The van der Waals surface area contributed by atoms with E-state index in [1.807, 2.05) is 12.1 Å². The Labute approximate surface area is 166 Å². The molecule has 1 heterocycles. The molecule has 0 spiro atoms. The minimum absolute atomic E-state index is 0.0107. The molecule has 4 fully saturated rings. The van der Waals surface area contributed by atoms with Gasteiger partial charge in [-0.1, -0.05) is 38.1 Å². The Hall–Kier alpha value is -2.24. The number of carbonyl (C=O) groups is 1. The van der Waals surface area contributed by atoms with Crippen molar-refractivity contribution in [1.29, 1.82) is 0 Å². The van der Waals surface area contributed by atoms with Crippen LogP contribution in [0.5, 0.6) is 0 Å². The fourth-order valence-corrected chi connectivity index (χ4v) is 5.96. The summed E-state index contributed by atoms with van der Waals surface area (Å²) in [6, 6.07) is 8.59. The number of nitrogens with one attached hydrogen (secondary N) is 1. The van der Waals surface area contributed by atoms with Crippen molar-refractivity contribution in [3.8, 4) is 11.4 Å². The Kier molecular flexibility index (Phi) is 4.44. The highest BCUT2D eigenvalue weighted by Gasteiger charge is 2.48. The number of carbonyl (C=O) groups excluding carboxylic acids is 1. The van der Waals surface area contributed by atoms with Crippen LogP contribution in [0.1, 0.15) is 57.4 Å². The Morgan fingerprint density at radius 3 is 2.32 bits per heavy atom. The molecule has 6 nitrogen and oxygen atoms in total. The number of hydrogen-bond donors (Lipinski definition) is 1. The normalized spacial score (nSPS) is 30.8. The lowest BCUT2D eigenvalue weighted by molar-refractivity contribution is -0.126. The third-order valence-electron chi connectivity index (χ3n) is 7.13. The van der Waals surface area contributed by atoms with Gasteiger partial charge in [-0.25, -0.2) is 0 Å². The van der Waals surface area contributed by atoms with Gasteiger partial charge in [-0.2, -0.15) is 4.80 Å². The molecule has 0 radical (unpaired) electrons. The van der Waals surface area contributed by atoms with Crippen LogP contribution >= 0.6 is 0 Å². The number of hydrogen-bond acceptors (Lipinski definition) is 4. The molecule has 0 unspecified atom stereocenters. The van der Waals surface area contributed by atoms with Gasteiger partial charge in [0, 0.05) is 11.6 Å². The molecule has 1 amide bonds. The number of benzene rings is 1. The van der Waals surface area contributed by atoms with Crippen LogP contribution in [0.4, 0.5) is 0 Å². The lowest BCUT2D eigenvalue weighted by Gasteiger charge is -2.54. The second kappa shape index (κ2) is 6.98. The lowest BCUT2D eigenvalue weighted by Crippen LogP contribution is -2.56. The van der Waals surface area contributed by atoms with Crippen molar-refractivity contribution in [2.45, 2.75) is 64.5 Å². The number of rotatable bonds is 5. The number of tetrazole rings is 1. The van der Waals surface area contributed by atoms with Gasteiger partial charge in [0.05, 0.1) is 0 Å². The van der Waals surface area contributed by atoms with E-state index < -0.39 is 0 Å². The van der Waals surface area contributed by atoms with Crippen molar-refractivity contribution >= 4 is 5.91 Å². The highest BCUT2D eigenvalue weighted by Crippen LogP contribution is 2.53. The first-order valence-corrected chi connectivity index (χ1v) is 10.7. The van der Waals surface area contributed by atoms with E-state index in [1.165, 1.54) is 42.5 Å². The largest absolute Gasteiger partial charge is 0.351 e. The van der Waals surface area contributed by atoms with Gasteiger partial charge in [-0.05, 0) is 72.5 Å². The zero-order chi connectivity index (χ0) is 19.3. The number of aromatic nitrogens is 4. The third kappa shape index (κ3) is 3.33. The minimum atomic E-state index is 0.0107. The maximum Gasteiger partial charge on any atom is 0.243 e. The van der Waals surface area contributed by atoms with Crippen LogP contribution < -0.4 is 5.32 Å². The molecule has 6 heteroatoms. The van der Waals surface area contributed by atoms with Crippen LogP contribution in [0.15, 0.2) is 24.3 Å². The van der Waals surface area contributed by atoms with E-state index >= 15 is 0 Å². The van der Waals surface area contributed by atoms with Crippen LogP contribution in [0.2, 0.25) is 0 Å². The third-order valence-corrected chi connectivity index (χ3v) is 7.13. The molecular formula is C22H29N5O. The predicted molar refractivity (Wildman–Crippen MR) is 106 cm³/mol. The van der Waals surface area contributed by atoms with E-state index in [0.29, 0.717) is 29.6 Å². The molecule has 4 aliphatic carbocycles. The van der Waals surface area contributed by atoms with E-state index in [1.54, 1.807) is 0 Å². The van der Waals surface area contributed by atoms with Gasteiger partial charge < -0.3 is 5.32 Å². The van der Waals surface area contributed by atoms with Gasteiger partial charge in [0.25, 0.3) is 0 Å². The van der Waals surface area contributed by atoms with Crippen LogP contribution in [-0.2, 0) is 11.3 Å². The first-order valence-electron chi connectivity index (χ1n) is 10.7. The van der Waals surface area contributed by atoms with E-state index in [9.17, 15) is 4.79 Å². The standard InChI is InChI=1S/C22H29N5O/c1-13(2)16-3-5-17(6-4-16)22-24-26-27(25-22)12-20(28)23-21-18-8-14-7-15(10-18)11-19(21)9-14/h3-6,13-15,18-19,21H,7-12H2,1-2H3,(H,23,28). The summed E-state index contributed by atoms with van der Waals surface area (Å²) in [5.41, 5.74) is 2.21. The molecule has 1 aromatic heterocycles. The van der Waals surface area contributed by atoms with Crippen LogP contribution in [0, 0.1) is 23.7 Å². The van der Waals surface area contributed by atoms with Gasteiger partial charge in [0.1, 0.15) is 6.54 Å². The van der Waals surface area contributed by atoms with Crippen LogP contribution in [0.25, 0.3) is 11.4 Å². The zero-order valence-corrected chi connectivity index (χ0v) is 16.7. The summed E-state index contributed by atoms with van der Waals surface area (Å²) in [5.74, 6) is 4.26. The molecule has 0 aliphatic heterocycles. The molecule has 0 saturated heterocycles. The summed E-state index contributed by atoms with van der Waals surface area (Å²) in [7, 11) is 0. The van der Waals surface area contributed by atoms with Crippen molar-refractivity contribution in [3.63, 3.8) is 0 Å². The van der Waals surface area contributed by atoms with E-state index in [2.05, 4.69) is 46.7 Å². The number of nitrogens with zero attached hydrogens (tertiary/aromatic N) is 4. The monoisotopic (exact) mass is 379 g/mol. The molecule has 4 saturated carbocycles. The van der Waals surface area contributed by atoms with Crippen molar-refractivity contribution < 1.29 is 4.79 Å². The number of amides is 1. The molecule has 4 bridgehead atoms. The Morgan fingerprint density at radius 1 is 1.07 bits per heavy atom. The molecule has 4 aliphatic rings. The van der Waals surface area contributed by atoms with E-state index in [0.717, 1.165) is 17.4 Å². The quantitative estimate of drug-likeness (QED) is 0.864. The van der Waals surface area contributed by atoms with Gasteiger partial charge in [-0.3, -0.25) is 4.79 Å². The van der Waals surface area contributed by atoms with Crippen LogP contribution in [0.3, 0.4) is 0 Å². The topological polar surface area (TPSA) is 72.7 Å². The molecule has 1 aromatic carbocycles. The SMILES string of the molecule is CC(C)c1ccc(-c2nnn(CC(=O)NC3C4CC5CC(C4)CC3C5)n2)cc1. The summed E-state index contributed by atoms with van der Waals surface area (Å²) >= 11 is 0. The predicted octanol–water partition coefficient (Wildman–Crippen LogP) is 3.40. The van der Waals surface area contributed by atoms with Crippen molar-refractivity contribution in [3.05, 3.63) is 29.8 Å². The van der Waals surface area contributed by atoms with Crippen LogP contribution in [-0.4, -0.2) is 32.2 Å². The van der Waals surface area contributed by atoms with Gasteiger partial charge in [0.2, 0.25) is 11.7 Å². The molecule has 6 rings (SSSR count). The summed E-state index contributed by atoms with van der Waals surface area (Å²) in [4.78, 5) is 14.0. The van der Waals surface area contributed by atoms with E-state index in [4.69, 9.17) is 0 Å². The first kappa shape index (κ1) is 17.8. The molecular weight excluding hydrogens is 350 g/mol. The summed E-state index contributed by atoms with van der Waals surface area (Å²) in [6.45, 7) is 4.48. The average Bonchev–Trinajstić information content (AvgIpc) is 3.12. The molecule has 148 valence electrons. The lowest BCUT2D eigenvalue weighted by atomic mass is 9.54. The molecule has 28 heavy (non-hydrogen) atoms. The first-order chi connectivity index (χ1) is 13.5. The fraction of sp³-hybridized carbons (Fsp3) is 0.636. The smallest absolute Gasteiger partial charge is 0.243 e. The summed E-state index contributed by atoms with van der Waals surface area (Å²) in [6.07, 6.45) is 6.63. The fourth-order valence-electron chi connectivity index (χ4n) is 5.96. The molecule has 2 aromatic rings. The highest BCUT2D eigenvalue weighted by atomic mass is 16.2. The Morgan fingerprint density at radius 2 is 1.71 bits per heavy atom. The van der Waals surface area contributed by atoms with Gasteiger partial charge in [-0.15, -0.1) is 10.2 Å². The van der Waals surface area contributed by atoms with Crippen molar-refractivity contribution in [1.82, 2.24) is 25.5 Å². The van der Waals surface area contributed by atoms with E-state index in [-0.39, 0.29) is 12.5 Å². The maximum atomic E-state index is 12.6. The highest BCUT2D eigenvalue weighted by molar-refractivity contribution is 5.76. The average molecular weight is 380 g/mol. The van der Waals surface area contributed by atoms with Crippen molar-refractivity contribution in [2.75, 3.05) is 0 Å². The summed E-state index contributed by atoms with van der Waals surface area (Å²) < 4.78 is 0. The Balaban J connectivity index is 1.22. The molecule has 1 N–H and O–H groups in total. The second-order valence-electron chi connectivity index (χ2n) is 9.44. The van der Waals surface area contributed by atoms with Crippen molar-refractivity contribution in [2.24, 2.45) is 23.7 Å². The van der Waals surface area contributed by atoms with Gasteiger partial charge >= 0.3 is 0 Å².